The van der Waals surface area contributed by atoms with Gasteiger partial charge in [-0.3, -0.25) is 9.69 Å². The van der Waals surface area contributed by atoms with Crippen molar-refractivity contribution in [1.29, 1.82) is 0 Å². The smallest absolute Gasteiger partial charge is 0.192 e. The highest BCUT2D eigenvalue weighted by Crippen LogP contribution is 2.23. The summed E-state index contributed by atoms with van der Waals surface area (Å²) in [5.74, 6) is 0.844. The van der Waals surface area contributed by atoms with E-state index in [1.807, 2.05) is 12.1 Å². The van der Waals surface area contributed by atoms with E-state index in [-0.39, 0.29) is 5.78 Å². The maximum absolute atomic E-state index is 12.0. The summed E-state index contributed by atoms with van der Waals surface area (Å²) < 4.78 is 0. The van der Waals surface area contributed by atoms with Crippen molar-refractivity contribution in [3.05, 3.63) is 24.0 Å². The highest BCUT2D eigenvalue weighted by Gasteiger charge is 2.28. The number of aromatic amines is 1. The van der Waals surface area contributed by atoms with E-state index in [4.69, 9.17) is 0 Å². The molecule has 0 amide bonds. The van der Waals surface area contributed by atoms with E-state index in [0.29, 0.717) is 18.5 Å². The lowest BCUT2D eigenvalue weighted by Crippen LogP contribution is -2.37. The van der Waals surface area contributed by atoms with Gasteiger partial charge in [0, 0.05) is 12.2 Å². The number of hydrogen-bond acceptors (Lipinski definition) is 2. The lowest BCUT2D eigenvalue weighted by Gasteiger charge is -2.26. The third-order valence-corrected chi connectivity index (χ3v) is 3.43. The number of nitrogens with zero attached hydrogens (tertiary/aromatic N) is 1. The molecule has 1 atom stereocenters. The largest absolute Gasteiger partial charge is 0.359 e. The van der Waals surface area contributed by atoms with Gasteiger partial charge in [0.25, 0.3) is 0 Å². The SMILES string of the molecule is CC(C)C1CCCN1CC(=O)c1ccc[nH]1. The van der Waals surface area contributed by atoms with Gasteiger partial charge in [-0.15, -0.1) is 0 Å². The molecular formula is C13H20N2O. The fourth-order valence-electron chi connectivity index (χ4n) is 2.58. The van der Waals surface area contributed by atoms with Crippen LogP contribution in [-0.4, -0.2) is 34.8 Å². The Kier molecular flexibility index (Phi) is 3.44. The summed E-state index contributed by atoms with van der Waals surface area (Å²) in [6, 6.07) is 4.30. The molecule has 0 saturated carbocycles. The van der Waals surface area contributed by atoms with Crippen LogP contribution in [0, 0.1) is 5.92 Å². The van der Waals surface area contributed by atoms with Crippen LogP contribution >= 0.6 is 0 Å². The molecule has 1 fully saturated rings. The lowest BCUT2D eigenvalue weighted by molar-refractivity contribution is 0.0899. The van der Waals surface area contributed by atoms with E-state index in [0.717, 1.165) is 12.2 Å². The second kappa shape index (κ2) is 4.83. The van der Waals surface area contributed by atoms with Crippen LogP contribution in [0.4, 0.5) is 0 Å². The summed E-state index contributed by atoms with van der Waals surface area (Å²) in [6.45, 7) is 6.10. The highest BCUT2D eigenvalue weighted by atomic mass is 16.1. The van der Waals surface area contributed by atoms with Crippen molar-refractivity contribution >= 4 is 5.78 Å². The predicted molar refractivity (Wildman–Crippen MR) is 64.6 cm³/mol. The summed E-state index contributed by atoms with van der Waals surface area (Å²) in [5, 5.41) is 0. The number of carbonyl (C=O) groups is 1. The van der Waals surface area contributed by atoms with Crippen LogP contribution in [0.15, 0.2) is 18.3 Å². The maximum Gasteiger partial charge on any atom is 0.192 e. The minimum Gasteiger partial charge on any atom is -0.359 e. The van der Waals surface area contributed by atoms with Crippen LogP contribution < -0.4 is 0 Å². The minimum atomic E-state index is 0.206. The molecule has 1 aromatic heterocycles. The van der Waals surface area contributed by atoms with Gasteiger partial charge in [0.2, 0.25) is 0 Å². The molecule has 0 aliphatic carbocycles. The first-order valence-corrected chi connectivity index (χ1v) is 6.09. The third-order valence-electron chi connectivity index (χ3n) is 3.43. The Morgan fingerprint density at radius 2 is 2.44 bits per heavy atom. The van der Waals surface area contributed by atoms with Crippen LogP contribution in [0.5, 0.6) is 0 Å². The molecule has 1 unspecified atom stereocenters. The Labute approximate surface area is 96.8 Å². The minimum absolute atomic E-state index is 0.206. The molecule has 3 nitrogen and oxygen atoms in total. The van der Waals surface area contributed by atoms with Crippen molar-refractivity contribution in [1.82, 2.24) is 9.88 Å². The fraction of sp³-hybridized carbons (Fsp3) is 0.615. The lowest BCUT2D eigenvalue weighted by atomic mass is 10.0. The van der Waals surface area contributed by atoms with Gasteiger partial charge in [0.1, 0.15) is 0 Å². The number of Topliss-reactive ketones (excluding diaryl/α,β-unsaturated/α-hetero) is 1. The van der Waals surface area contributed by atoms with E-state index in [9.17, 15) is 4.79 Å². The molecule has 3 heteroatoms. The first-order chi connectivity index (χ1) is 7.68. The van der Waals surface area contributed by atoms with Crippen molar-refractivity contribution in [2.24, 2.45) is 5.92 Å². The summed E-state index contributed by atoms with van der Waals surface area (Å²) in [6.07, 6.45) is 4.26. The molecule has 1 aromatic rings. The Morgan fingerprint density at radius 3 is 3.06 bits per heavy atom. The van der Waals surface area contributed by atoms with E-state index in [1.165, 1.54) is 12.8 Å². The Bertz CT molecular complexity index is 343. The molecule has 0 aromatic carbocycles. The second-order valence-electron chi connectivity index (χ2n) is 4.93. The van der Waals surface area contributed by atoms with Crippen molar-refractivity contribution in [2.45, 2.75) is 32.7 Å². The quantitative estimate of drug-likeness (QED) is 0.790. The summed E-state index contributed by atoms with van der Waals surface area (Å²) in [4.78, 5) is 17.3. The number of hydrogen-bond donors (Lipinski definition) is 1. The van der Waals surface area contributed by atoms with Gasteiger partial charge in [-0.2, -0.15) is 0 Å². The number of likely N-dealkylation sites (tertiary alicyclic amines) is 1. The molecule has 2 rings (SSSR count). The first-order valence-electron chi connectivity index (χ1n) is 6.09. The first kappa shape index (κ1) is 11.4. The van der Waals surface area contributed by atoms with E-state index < -0.39 is 0 Å². The zero-order valence-corrected chi connectivity index (χ0v) is 10.1. The van der Waals surface area contributed by atoms with Gasteiger partial charge in [-0.1, -0.05) is 13.8 Å². The summed E-state index contributed by atoms with van der Waals surface area (Å²) >= 11 is 0. The van der Waals surface area contributed by atoms with Crippen LogP contribution in [-0.2, 0) is 0 Å². The number of carbonyl (C=O) groups excluding carboxylic acids is 1. The van der Waals surface area contributed by atoms with Crippen molar-refractivity contribution in [3.8, 4) is 0 Å². The Hall–Kier alpha value is -1.09. The Morgan fingerprint density at radius 1 is 1.62 bits per heavy atom. The van der Waals surface area contributed by atoms with Gasteiger partial charge >= 0.3 is 0 Å². The monoisotopic (exact) mass is 220 g/mol. The summed E-state index contributed by atoms with van der Waals surface area (Å²) in [5.41, 5.74) is 0.731. The van der Waals surface area contributed by atoms with Gasteiger partial charge in [0.15, 0.2) is 5.78 Å². The van der Waals surface area contributed by atoms with Crippen LogP contribution in [0.3, 0.4) is 0 Å². The average molecular weight is 220 g/mol. The molecule has 2 heterocycles. The van der Waals surface area contributed by atoms with Crippen molar-refractivity contribution < 1.29 is 4.79 Å². The van der Waals surface area contributed by atoms with Crippen LogP contribution in [0.25, 0.3) is 0 Å². The number of aromatic nitrogens is 1. The maximum atomic E-state index is 12.0. The number of ketones is 1. The van der Waals surface area contributed by atoms with Crippen LogP contribution in [0.1, 0.15) is 37.2 Å². The van der Waals surface area contributed by atoms with Crippen molar-refractivity contribution in [3.63, 3.8) is 0 Å². The fourth-order valence-corrected chi connectivity index (χ4v) is 2.58. The molecule has 1 saturated heterocycles. The number of nitrogens with one attached hydrogen (secondary N) is 1. The van der Waals surface area contributed by atoms with Crippen molar-refractivity contribution in [2.75, 3.05) is 13.1 Å². The van der Waals surface area contributed by atoms with Gasteiger partial charge in [0.05, 0.1) is 12.2 Å². The Balaban J connectivity index is 1.97. The zero-order chi connectivity index (χ0) is 11.5. The predicted octanol–water partition coefficient (Wildman–Crippen LogP) is 2.32. The second-order valence-corrected chi connectivity index (χ2v) is 4.93. The summed E-state index contributed by atoms with van der Waals surface area (Å²) in [7, 11) is 0. The molecule has 0 radical (unpaired) electrons. The van der Waals surface area contributed by atoms with Crippen LogP contribution in [0.2, 0.25) is 0 Å². The molecule has 0 spiro atoms. The third kappa shape index (κ3) is 2.35. The normalized spacial score (nSPS) is 21.8. The van der Waals surface area contributed by atoms with Gasteiger partial charge in [-0.05, 0) is 37.4 Å². The zero-order valence-electron chi connectivity index (χ0n) is 10.1. The molecule has 1 aliphatic rings. The molecule has 1 N–H and O–H groups in total. The molecule has 0 bridgehead atoms. The van der Waals surface area contributed by atoms with E-state index in [1.54, 1.807) is 6.20 Å². The van der Waals surface area contributed by atoms with E-state index in [2.05, 4.69) is 23.7 Å². The number of rotatable bonds is 4. The topological polar surface area (TPSA) is 36.1 Å². The molecular weight excluding hydrogens is 200 g/mol. The number of H-pyrrole nitrogens is 1. The molecule has 16 heavy (non-hydrogen) atoms. The van der Waals surface area contributed by atoms with Gasteiger partial charge < -0.3 is 4.98 Å². The standard InChI is InChI=1S/C13H20N2O/c1-10(2)12-6-4-8-15(12)9-13(16)11-5-3-7-14-11/h3,5,7,10,12,14H,4,6,8-9H2,1-2H3. The highest BCUT2D eigenvalue weighted by molar-refractivity contribution is 5.95. The molecule has 1 aliphatic heterocycles. The average Bonchev–Trinajstić information content (AvgIpc) is 2.86. The molecule has 88 valence electrons. The van der Waals surface area contributed by atoms with E-state index >= 15 is 0 Å². The van der Waals surface area contributed by atoms with Gasteiger partial charge in [-0.25, -0.2) is 0 Å².